The molecular formula is C30H31N7O3. The normalized spacial score (nSPS) is 13.2. The van der Waals surface area contributed by atoms with Crippen molar-refractivity contribution in [2.75, 3.05) is 35.8 Å². The van der Waals surface area contributed by atoms with Gasteiger partial charge in [-0.1, -0.05) is 35.9 Å². The molecule has 2 heterocycles. The fourth-order valence-corrected chi connectivity index (χ4v) is 4.22. The smallest absolute Gasteiger partial charge is 0.343 e. The molecule has 1 fully saturated rings. The Bertz CT molecular complexity index is 1470. The maximum absolute atomic E-state index is 12.6. The van der Waals surface area contributed by atoms with Crippen molar-refractivity contribution < 1.29 is 14.3 Å². The molecule has 4 aromatic rings. The average molecular weight is 538 g/mol. The molecule has 10 heteroatoms. The molecule has 2 N–H and O–H groups in total. The highest BCUT2D eigenvalue weighted by Gasteiger charge is 2.17. The molecule has 0 radical (unpaired) electrons. The van der Waals surface area contributed by atoms with Crippen molar-refractivity contribution in [3.63, 3.8) is 0 Å². The molecule has 0 atom stereocenters. The molecule has 0 amide bonds. The van der Waals surface area contributed by atoms with Crippen molar-refractivity contribution in [1.29, 1.82) is 0 Å². The Kier molecular flexibility index (Phi) is 8.45. The van der Waals surface area contributed by atoms with Crippen molar-refractivity contribution >= 4 is 35.7 Å². The summed E-state index contributed by atoms with van der Waals surface area (Å²) in [6.45, 7) is 3.76. The van der Waals surface area contributed by atoms with Crippen molar-refractivity contribution in [3.8, 4) is 11.5 Å². The van der Waals surface area contributed by atoms with Crippen LogP contribution in [0.2, 0.25) is 0 Å². The number of nitrogens with zero attached hydrogens (tertiary/aromatic N) is 5. The van der Waals surface area contributed by atoms with Gasteiger partial charge in [-0.25, -0.2) is 10.2 Å². The van der Waals surface area contributed by atoms with E-state index in [2.05, 4.69) is 35.7 Å². The van der Waals surface area contributed by atoms with E-state index in [9.17, 15) is 4.79 Å². The average Bonchev–Trinajstić information content (AvgIpc) is 2.99. The van der Waals surface area contributed by atoms with Gasteiger partial charge in [0.1, 0.15) is 0 Å². The summed E-state index contributed by atoms with van der Waals surface area (Å²) in [7, 11) is 1.52. The van der Waals surface area contributed by atoms with Gasteiger partial charge in [0.25, 0.3) is 0 Å². The molecule has 0 spiro atoms. The lowest BCUT2D eigenvalue weighted by Crippen LogP contribution is -2.31. The van der Waals surface area contributed by atoms with E-state index in [1.54, 1.807) is 36.5 Å². The summed E-state index contributed by atoms with van der Waals surface area (Å²) in [4.78, 5) is 28.5. The maximum atomic E-state index is 12.6. The van der Waals surface area contributed by atoms with Crippen LogP contribution >= 0.6 is 0 Å². The number of para-hydroxylation sites is 1. The lowest BCUT2D eigenvalue weighted by atomic mass is 10.1. The van der Waals surface area contributed by atoms with Crippen LogP contribution in [0.3, 0.4) is 0 Å². The monoisotopic (exact) mass is 537 g/mol. The Morgan fingerprint density at radius 3 is 2.40 bits per heavy atom. The molecule has 1 aliphatic rings. The predicted molar refractivity (Wildman–Crippen MR) is 156 cm³/mol. The number of rotatable bonds is 9. The molecule has 5 rings (SSSR count). The molecule has 1 aliphatic heterocycles. The molecule has 10 nitrogen and oxygen atoms in total. The highest BCUT2D eigenvalue weighted by Crippen LogP contribution is 2.28. The SMILES string of the molecule is COc1cc(/C=N/Nc2nc(Nc3ccccc3)nc(N3CCCCC3)n2)ccc1OC(=O)c1ccc(C)cc1. The second-order valence-electron chi connectivity index (χ2n) is 9.36. The number of benzene rings is 3. The van der Waals surface area contributed by atoms with Gasteiger partial charge in [-0.05, 0) is 74.2 Å². The number of hydrazone groups is 1. The topological polar surface area (TPSA) is 114 Å². The fourth-order valence-electron chi connectivity index (χ4n) is 4.22. The van der Waals surface area contributed by atoms with Crippen molar-refractivity contribution in [2.24, 2.45) is 5.10 Å². The van der Waals surface area contributed by atoms with Crippen LogP contribution in [0.1, 0.15) is 40.7 Å². The van der Waals surface area contributed by atoms with E-state index in [1.807, 2.05) is 49.4 Å². The zero-order valence-corrected chi connectivity index (χ0v) is 22.5. The molecule has 3 aromatic carbocycles. The number of hydrogen-bond acceptors (Lipinski definition) is 10. The van der Waals surface area contributed by atoms with Gasteiger partial charge < -0.3 is 19.7 Å². The summed E-state index contributed by atoms with van der Waals surface area (Å²) in [5.74, 6) is 1.62. The van der Waals surface area contributed by atoms with Gasteiger partial charge in [0.05, 0.1) is 18.9 Å². The first-order chi connectivity index (χ1) is 19.6. The molecule has 0 unspecified atom stereocenters. The second-order valence-corrected chi connectivity index (χ2v) is 9.36. The van der Waals surface area contributed by atoms with Crippen LogP contribution in [-0.2, 0) is 0 Å². The van der Waals surface area contributed by atoms with E-state index < -0.39 is 5.97 Å². The van der Waals surface area contributed by atoms with Crippen LogP contribution in [0.15, 0.2) is 77.9 Å². The zero-order chi connectivity index (χ0) is 27.7. The van der Waals surface area contributed by atoms with Crippen LogP contribution in [0.25, 0.3) is 0 Å². The molecular weight excluding hydrogens is 506 g/mol. The Hall–Kier alpha value is -4.99. The van der Waals surface area contributed by atoms with Crippen LogP contribution in [0.4, 0.5) is 23.5 Å². The van der Waals surface area contributed by atoms with E-state index in [0.717, 1.165) is 42.7 Å². The number of methoxy groups -OCH3 is 1. The Morgan fingerprint density at radius 1 is 0.900 bits per heavy atom. The highest BCUT2D eigenvalue weighted by atomic mass is 16.6. The molecule has 1 aromatic heterocycles. The van der Waals surface area contributed by atoms with Crippen molar-refractivity contribution in [3.05, 3.63) is 89.5 Å². The summed E-state index contributed by atoms with van der Waals surface area (Å²) >= 11 is 0. The summed E-state index contributed by atoms with van der Waals surface area (Å²) in [6, 6.07) is 22.1. The molecule has 0 bridgehead atoms. The minimum absolute atomic E-state index is 0.318. The summed E-state index contributed by atoms with van der Waals surface area (Å²) in [5.41, 5.74) is 6.06. The first-order valence-electron chi connectivity index (χ1n) is 13.2. The maximum Gasteiger partial charge on any atom is 0.343 e. The summed E-state index contributed by atoms with van der Waals surface area (Å²) in [6.07, 6.45) is 5.03. The first-order valence-corrected chi connectivity index (χ1v) is 13.2. The zero-order valence-electron chi connectivity index (χ0n) is 22.5. The summed E-state index contributed by atoms with van der Waals surface area (Å²) < 4.78 is 11.0. The molecule has 204 valence electrons. The number of esters is 1. The third kappa shape index (κ3) is 6.90. The van der Waals surface area contributed by atoms with Crippen molar-refractivity contribution in [1.82, 2.24) is 15.0 Å². The number of aromatic nitrogens is 3. The number of anilines is 4. The van der Waals surface area contributed by atoms with Crippen LogP contribution in [-0.4, -0.2) is 47.3 Å². The lowest BCUT2D eigenvalue weighted by molar-refractivity contribution is 0.0729. The van der Waals surface area contributed by atoms with E-state index >= 15 is 0 Å². The van der Waals surface area contributed by atoms with Gasteiger partial charge in [-0.3, -0.25) is 0 Å². The third-order valence-corrected chi connectivity index (χ3v) is 6.35. The predicted octanol–water partition coefficient (Wildman–Crippen LogP) is 5.59. The molecule has 0 aliphatic carbocycles. The van der Waals surface area contributed by atoms with E-state index in [1.165, 1.54) is 13.5 Å². The van der Waals surface area contributed by atoms with Gasteiger partial charge >= 0.3 is 5.97 Å². The van der Waals surface area contributed by atoms with Gasteiger partial charge in [-0.15, -0.1) is 0 Å². The molecule has 40 heavy (non-hydrogen) atoms. The van der Waals surface area contributed by atoms with Crippen LogP contribution < -0.4 is 25.1 Å². The lowest BCUT2D eigenvalue weighted by Gasteiger charge is -2.26. The molecule has 1 saturated heterocycles. The standard InChI is InChI=1S/C30H31N7O3/c1-21-11-14-23(15-12-21)27(38)40-25-16-13-22(19-26(25)39-2)20-31-36-29-33-28(32-24-9-5-3-6-10-24)34-30(35-29)37-17-7-4-8-18-37/h3,5-6,9-16,19-20H,4,7-8,17-18H2,1-2H3,(H2,32,33,34,35,36)/b31-20+. The largest absolute Gasteiger partial charge is 0.493 e. The summed E-state index contributed by atoms with van der Waals surface area (Å²) in [5, 5.41) is 7.58. The number of piperidine rings is 1. The van der Waals surface area contributed by atoms with Gasteiger partial charge in [0, 0.05) is 18.8 Å². The van der Waals surface area contributed by atoms with Gasteiger partial charge in [0.2, 0.25) is 17.8 Å². The Morgan fingerprint density at radius 2 is 1.65 bits per heavy atom. The number of carbonyl (C=O) groups is 1. The number of carbonyl (C=O) groups excluding carboxylic acids is 1. The van der Waals surface area contributed by atoms with Crippen molar-refractivity contribution in [2.45, 2.75) is 26.2 Å². The second kappa shape index (κ2) is 12.7. The number of ether oxygens (including phenoxy) is 2. The van der Waals surface area contributed by atoms with E-state index in [-0.39, 0.29) is 0 Å². The number of nitrogens with one attached hydrogen (secondary N) is 2. The number of aryl methyl sites for hydroxylation is 1. The van der Waals surface area contributed by atoms with Gasteiger partial charge in [-0.2, -0.15) is 20.1 Å². The number of hydrogen-bond donors (Lipinski definition) is 2. The Labute approximate surface area is 233 Å². The Balaban J connectivity index is 1.30. The minimum Gasteiger partial charge on any atom is -0.493 e. The van der Waals surface area contributed by atoms with E-state index in [4.69, 9.17) is 9.47 Å². The van der Waals surface area contributed by atoms with Crippen LogP contribution in [0, 0.1) is 6.92 Å². The van der Waals surface area contributed by atoms with Gasteiger partial charge in [0.15, 0.2) is 11.5 Å². The highest BCUT2D eigenvalue weighted by molar-refractivity contribution is 5.91. The van der Waals surface area contributed by atoms with E-state index in [0.29, 0.717) is 34.9 Å². The first kappa shape index (κ1) is 26.6. The quantitative estimate of drug-likeness (QED) is 0.122. The fraction of sp³-hybridized carbons (Fsp3) is 0.233. The minimum atomic E-state index is -0.458. The molecule has 0 saturated carbocycles. The third-order valence-electron chi connectivity index (χ3n) is 6.35. The van der Waals surface area contributed by atoms with Crippen LogP contribution in [0.5, 0.6) is 11.5 Å².